The summed E-state index contributed by atoms with van der Waals surface area (Å²) in [5.41, 5.74) is 2.68. The van der Waals surface area contributed by atoms with E-state index < -0.39 is 0 Å². The number of nitrogens with one attached hydrogen (secondary N) is 2. The standard InChI is InChI=1S/C18H17N5OS/c24-17(12-23-9-10-25-16-7-2-1-6-15(16)23)22-18-20-11-14(21-18)13-5-3-4-8-19-13/h1-8,11H,9-10,12H2,(H2,20,21,22,24). The van der Waals surface area contributed by atoms with Crippen LogP contribution in [-0.2, 0) is 4.79 Å². The number of hydrogen-bond donors (Lipinski definition) is 2. The molecule has 1 aliphatic rings. The van der Waals surface area contributed by atoms with Gasteiger partial charge in [0, 0.05) is 23.4 Å². The predicted molar refractivity (Wildman–Crippen MR) is 99.8 cm³/mol. The van der Waals surface area contributed by atoms with E-state index in [1.165, 1.54) is 4.90 Å². The number of aromatic nitrogens is 3. The minimum absolute atomic E-state index is 0.0939. The molecule has 0 unspecified atom stereocenters. The number of H-pyrrole nitrogens is 1. The third-order valence-electron chi connectivity index (χ3n) is 3.93. The highest BCUT2D eigenvalue weighted by atomic mass is 32.2. The molecule has 0 aliphatic carbocycles. The first-order valence-corrected chi connectivity index (χ1v) is 9.01. The van der Waals surface area contributed by atoms with Gasteiger partial charge in [-0.3, -0.25) is 15.1 Å². The maximum absolute atomic E-state index is 12.4. The van der Waals surface area contributed by atoms with Crippen molar-refractivity contribution in [2.75, 3.05) is 29.1 Å². The number of pyridine rings is 1. The molecule has 0 bridgehead atoms. The van der Waals surface area contributed by atoms with E-state index in [1.807, 2.05) is 42.1 Å². The third-order valence-corrected chi connectivity index (χ3v) is 4.98. The monoisotopic (exact) mass is 351 g/mol. The molecule has 0 radical (unpaired) electrons. The van der Waals surface area contributed by atoms with Crippen molar-refractivity contribution in [1.29, 1.82) is 0 Å². The van der Waals surface area contributed by atoms with Gasteiger partial charge in [-0.15, -0.1) is 11.8 Å². The largest absolute Gasteiger partial charge is 0.360 e. The number of aromatic amines is 1. The van der Waals surface area contributed by atoms with Gasteiger partial charge < -0.3 is 9.88 Å². The van der Waals surface area contributed by atoms with Gasteiger partial charge in [-0.05, 0) is 24.3 Å². The summed E-state index contributed by atoms with van der Waals surface area (Å²) in [4.78, 5) is 27.3. The van der Waals surface area contributed by atoms with Crippen LogP contribution in [-0.4, -0.2) is 39.7 Å². The van der Waals surface area contributed by atoms with Gasteiger partial charge in [0.15, 0.2) is 0 Å². The highest BCUT2D eigenvalue weighted by Crippen LogP contribution is 2.34. The molecule has 2 N–H and O–H groups in total. The number of thioether (sulfide) groups is 1. The Balaban J connectivity index is 1.43. The van der Waals surface area contributed by atoms with E-state index in [0.29, 0.717) is 12.5 Å². The van der Waals surface area contributed by atoms with Crippen molar-refractivity contribution in [3.63, 3.8) is 0 Å². The van der Waals surface area contributed by atoms with Crippen LogP contribution in [0.5, 0.6) is 0 Å². The minimum atomic E-state index is -0.0939. The topological polar surface area (TPSA) is 73.9 Å². The van der Waals surface area contributed by atoms with Crippen LogP contribution in [0.3, 0.4) is 0 Å². The normalized spacial score (nSPS) is 13.4. The predicted octanol–water partition coefficient (Wildman–Crippen LogP) is 3.02. The number of nitrogens with zero attached hydrogens (tertiary/aromatic N) is 3. The number of amides is 1. The summed E-state index contributed by atoms with van der Waals surface area (Å²) in [5, 5.41) is 2.83. The summed E-state index contributed by atoms with van der Waals surface area (Å²) < 4.78 is 0. The fourth-order valence-corrected chi connectivity index (χ4v) is 3.82. The van der Waals surface area contributed by atoms with E-state index in [1.54, 1.807) is 12.4 Å². The van der Waals surface area contributed by atoms with Gasteiger partial charge in [0.2, 0.25) is 11.9 Å². The van der Waals surface area contributed by atoms with Crippen LogP contribution in [0.15, 0.2) is 59.8 Å². The fraction of sp³-hybridized carbons (Fsp3) is 0.167. The molecule has 0 saturated heterocycles. The smallest absolute Gasteiger partial charge is 0.246 e. The molecule has 126 valence electrons. The van der Waals surface area contributed by atoms with Gasteiger partial charge in [-0.1, -0.05) is 18.2 Å². The Labute approximate surface area is 149 Å². The Morgan fingerprint density at radius 1 is 1.20 bits per heavy atom. The Morgan fingerprint density at radius 2 is 2.08 bits per heavy atom. The van der Waals surface area contributed by atoms with Gasteiger partial charge >= 0.3 is 0 Å². The average Bonchev–Trinajstić information content (AvgIpc) is 3.11. The van der Waals surface area contributed by atoms with Crippen LogP contribution >= 0.6 is 11.8 Å². The third kappa shape index (κ3) is 3.51. The molecule has 6 nitrogen and oxygen atoms in total. The van der Waals surface area contributed by atoms with E-state index in [2.05, 4.69) is 37.3 Å². The lowest BCUT2D eigenvalue weighted by Crippen LogP contribution is -2.36. The number of carbonyl (C=O) groups excluding carboxylic acids is 1. The number of fused-ring (bicyclic) bond motifs is 1. The molecule has 3 aromatic rings. The number of para-hydroxylation sites is 1. The second-order valence-electron chi connectivity index (χ2n) is 5.65. The van der Waals surface area contributed by atoms with E-state index in [-0.39, 0.29) is 5.91 Å². The second-order valence-corrected chi connectivity index (χ2v) is 6.78. The zero-order valence-electron chi connectivity index (χ0n) is 13.5. The summed E-state index contributed by atoms with van der Waals surface area (Å²) in [5.74, 6) is 1.32. The van der Waals surface area contributed by atoms with Crippen molar-refractivity contribution in [1.82, 2.24) is 15.0 Å². The number of hydrogen-bond acceptors (Lipinski definition) is 5. The molecular formula is C18H17N5OS. The molecule has 0 saturated carbocycles. The van der Waals surface area contributed by atoms with Crippen molar-refractivity contribution in [3.05, 3.63) is 54.9 Å². The molecule has 0 atom stereocenters. The van der Waals surface area contributed by atoms with Crippen LogP contribution in [0, 0.1) is 0 Å². The van der Waals surface area contributed by atoms with Crippen LogP contribution in [0.4, 0.5) is 11.6 Å². The maximum Gasteiger partial charge on any atom is 0.246 e. The molecular weight excluding hydrogens is 334 g/mol. The molecule has 2 aromatic heterocycles. The summed E-state index contributed by atoms with van der Waals surface area (Å²) in [6, 6.07) is 13.8. The highest BCUT2D eigenvalue weighted by Gasteiger charge is 2.19. The lowest BCUT2D eigenvalue weighted by Gasteiger charge is -2.29. The zero-order valence-corrected chi connectivity index (χ0v) is 14.3. The quantitative estimate of drug-likeness (QED) is 0.756. The van der Waals surface area contributed by atoms with Crippen LogP contribution < -0.4 is 10.2 Å². The highest BCUT2D eigenvalue weighted by molar-refractivity contribution is 7.99. The molecule has 1 amide bonds. The van der Waals surface area contributed by atoms with Crippen LogP contribution in [0.25, 0.3) is 11.4 Å². The summed E-state index contributed by atoms with van der Waals surface area (Å²) in [6.07, 6.45) is 3.39. The van der Waals surface area contributed by atoms with E-state index >= 15 is 0 Å². The Kier molecular flexibility index (Phi) is 4.39. The SMILES string of the molecule is O=C(CN1CCSc2ccccc21)Nc1ncc(-c2ccccn2)[nH]1. The van der Waals surface area contributed by atoms with Crippen molar-refractivity contribution in [2.45, 2.75) is 4.90 Å². The van der Waals surface area contributed by atoms with Gasteiger partial charge in [0.05, 0.1) is 29.8 Å². The number of rotatable bonds is 4. The van der Waals surface area contributed by atoms with Gasteiger partial charge in [-0.25, -0.2) is 4.98 Å². The Bertz CT molecular complexity index is 880. The van der Waals surface area contributed by atoms with Gasteiger partial charge in [-0.2, -0.15) is 0 Å². The first kappa shape index (κ1) is 15.7. The molecule has 1 aliphatic heterocycles. The van der Waals surface area contributed by atoms with Crippen LogP contribution in [0.1, 0.15) is 0 Å². The Morgan fingerprint density at radius 3 is 2.96 bits per heavy atom. The van der Waals surface area contributed by atoms with Crippen molar-refractivity contribution in [3.8, 4) is 11.4 Å². The van der Waals surface area contributed by atoms with Crippen LogP contribution in [0.2, 0.25) is 0 Å². The number of anilines is 2. The summed E-state index contributed by atoms with van der Waals surface area (Å²) in [7, 11) is 0. The average molecular weight is 351 g/mol. The maximum atomic E-state index is 12.4. The number of imidazole rings is 1. The molecule has 4 rings (SSSR count). The Hall–Kier alpha value is -2.80. The van der Waals surface area contributed by atoms with Crippen molar-refractivity contribution in [2.24, 2.45) is 0 Å². The minimum Gasteiger partial charge on any atom is -0.360 e. The summed E-state index contributed by atoms with van der Waals surface area (Å²) >= 11 is 1.83. The molecule has 0 spiro atoms. The first-order chi connectivity index (χ1) is 12.3. The molecule has 0 fully saturated rings. The zero-order chi connectivity index (χ0) is 17.1. The number of carbonyl (C=O) groups is 1. The fourth-order valence-electron chi connectivity index (χ4n) is 2.77. The van der Waals surface area contributed by atoms with E-state index in [9.17, 15) is 4.79 Å². The van der Waals surface area contributed by atoms with E-state index in [0.717, 1.165) is 29.4 Å². The molecule has 25 heavy (non-hydrogen) atoms. The van der Waals surface area contributed by atoms with E-state index in [4.69, 9.17) is 0 Å². The van der Waals surface area contributed by atoms with Gasteiger partial charge in [0.1, 0.15) is 0 Å². The lowest BCUT2D eigenvalue weighted by atomic mass is 10.2. The first-order valence-electron chi connectivity index (χ1n) is 8.02. The number of benzene rings is 1. The van der Waals surface area contributed by atoms with Crippen molar-refractivity contribution >= 4 is 29.3 Å². The second kappa shape index (κ2) is 6.98. The molecule has 7 heteroatoms. The molecule has 1 aromatic carbocycles. The van der Waals surface area contributed by atoms with Gasteiger partial charge in [0.25, 0.3) is 0 Å². The lowest BCUT2D eigenvalue weighted by molar-refractivity contribution is -0.115. The summed E-state index contributed by atoms with van der Waals surface area (Å²) in [6.45, 7) is 1.16. The molecule has 3 heterocycles. The van der Waals surface area contributed by atoms with Crippen molar-refractivity contribution < 1.29 is 4.79 Å².